The molecule has 2 heterocycles. The van der Waals surface area contributed by atoms with Crippen LogP contribution in [0.25, 0.3) is 22.2 Å². The predicted octanol–water partition coefficient (Wildman–Crippen LogP) is 4.46. The van der Waals surface area contributed by atoms with Crippen molar-refractivity contribution in [2.75, 3.05) is 7.11 Å². The minimum atomic E-state index is -1.58. The molecule has 0 radical (unpaired) electrons. The zero-order valence-corrected chi connectivity index (χ0v) is 13.2. The van der Waals surface area contributed by atoms with Crippen LogP contribution < -0.4 is 4.74 Å². The summed E-state index contributed by atoms with van der Waals surface area (Å²) in [6.07, 6.45) is 1.68. The summed E-state index contributed by atoms with van der Waals surface area (Å²) in [6.45, 7) is 0. The number of rotatable bonds is 2. The van der Waals surface area contributed by atoms with Gasteiger partial charge in [-0.1, -0.05) is 40.9 Å². The average molecular weight is 343 g/mol. The first kappa shape index (κ1) is 14.4. The number of hydrogen-bond acceptors (Lipinski definition) is 3. The first-order valence-corrected chi connectivity index (χ1v) is 7.19. The molecule has 108 valence electrons. The number of alkyl halides is 3. The van der Waals surface area contributed by atoms with Crippen LogP contribution in [0.2, 0.25) is 0 Å². The van der Waals surface area contributed by atoms with Crippen LogP contribution in [-0.2, 0) is 3.79 Å². The Bertz CT molecular complexity index is 796. The van der Waals surface area contributed by atoms with E-state index in [1.165, 1.54) is 0 Å². The molecule has 1 N–H and O–H groups in total. The number of fused-ring (bicyclic) bond motifs is 1. The van der Waals surface area contributed by atoms with E-state index >= 15 is 0 Å². The maximum Gasteiger partial charge on any atom is 0.248 e. The number of aromatic nitrogens is 3. The Hall–Kier alpha value is -1.49. The second kappa shape index (κ2) is 5.37. The van der Waals surface area contributed by atoms with Gasteiger partial charge in [-0.05, 0) is 29.8 Å². The lowest BCUT2D eigenvalue weighted by molar-refractivity contribution is 0.399. The predicted molar refractivity (Wildman–Crippen MR) is 85.1 cm³/mol. The minimum Gasteiger partial charge on any atom is -0.481 e. The van der Waals surface area contributed by atoms with Gasteiger partial charge in [0, 0.05) is 11.8 Å². The smallest absolute Gasteiger partial charge is 0.248 e. The van der Waals surface area contributed by atoms with Crippen molar-refractivity contribution in [2.24, 2.45) is 0 Å². The van der Waals surface area contributed by atoms with Gasteiger partial charge in [-0.2, -0.15) is 0 Å². The Morgan fingerprint density at radius 1 is 1.19 bits per heavy atom. The maximum absolute atomic E-state index is 5.84. The highest BCUT2D eigenvalue weighted by molar-refractivity contribution is 6.66. The summed E-state index contributed by atoms with van der Waals surface area (Å²) >= 11 is 17.5. The number of methoxy groups -OCH3 is 1. The Kier molecular flexibility index (Phi) is 3.69. The lowest BCUT2D eigenvalue weighted by Gasteiger charge is -2.06. The molecule has 3 rings (SSSR count). The third-order valence-electron chi connectivity index (χ3n) is 3.03. The number of pyridine rings is 1. The molecule has 0 aliphatic rings. The summed E-state index contributed by atoms with van der Waals surface area (Å²) in [7, 11) is 1.58. The third kappa shape index (κ3) is 2.79. The molecule has 0 aliphatic heterocycles. The van der Waals surface area contributed by atoms with Crippen molar-refractivity contribution in [3.63, 3.8) is 0 Å². The van der Waals surface area contributed by atoms with Crippen LogP contribution in [0.3, 0.4) is 0 Å². The van der Waals surface area contributed by atoms with Crippen molar-refractivity contribution < 1.29 is 4.74 Å². The van der Waals surface area contributed by atoms with Gasteiger partial charge < -0.3 is 9.72 Å². The summed E-state index contributed by atoms with van der Waals surface area (Å²) in [6, 6.07) is 9.47. The fourth-order valence-electron chi connectivity index (χ4n) is 2.08. The first-order valence-electron chi connectivity index (χ1n) is 6.05. The number of nitrogens with zero attached hydrogens (tertiary/aromatic N) is 2. The molecule has 4 nitrogen and oxygen atoms in total. The van der Waals surface area contributed by atoms with Gasteiger partial charge in [-0.25, -0.2) is 9.97 Å². The van der Waals surface area contributed by atoms with Gasteiger partial charge in [0.1, 0.15) is 0 Å². The minimum absolute atomic E-state index is 0.290. The van der Waals surface area contributed by atoms with Gasteiger partial charge in [-0.15, -0.1) is 0 Å². The second-order valence-corrected chi connectivity index (χ2v) is 6.66. The number of H-pyrrole nitrogens is 1. The van der Waals surface area contributed by atoms with Gasteiger partial charge in [0.25, 0.3) is 0 Å². The van der Waals surface area contributed by atoms with Crippen LogP contribution in [0.5, 0.6) is 5.88 Å². The third-order valence-corrected chi connectivity index (χ3v) is 3.56. The van der Waals surface area contributed by atoms with Gasteiger partial charge in [0.15, 0.2) is 5.82 Å². The molecule has 0 saturated carbocycles. The molecular formula is C14H10Cl3N3O. The number of ether oxygens (including phenoxy) is 1. The largest absolute Gasteiger partial charge is 0.481 e. The highest BCUT2D eigenvalue weighted by atomic mass is 35.6. The molecule has 0 unspecified atom stereocenters. The fourth-order valence-corrected chi connectivity index (χ4v) is 2.35. The van der Waals surface area contributed by atoms with E-state index in [0.29, 0.717) is 5.88 Å². The Labute approximate surface area is 136 Å². The molecular weight excluding hydrogens is 333 g/mol. The van der Waals surface area contributed by atoms with E-state index in [9.17, 15) is 0 Å². The molecule has 2 aromatic heterocycles. The van der Waals surface area contributed by atoms with E-state index in [-0.39, 0.29) is 5.82 Å². The van der Waals surface area contributed by atoms with E-state index in [1.54, 1.807) is 13.3 Å². The molecule has 0 bridgehead atoms. The van der Waals surface area contributed by atoms with Crippen LogP contribution >= 0.6 is 34.8 Å². The molecule has 0 spiro atoms. The molecule has 7 heteroatoms. The summed E-state index contributed by atoms with van der Waals surface area (Å²) in [5, 5.41) is 0. The highest BCUT2D eigenvalue weighted by Crippen LogP contribution is 2.37. The fraction of sp³-hybridized carbons (Fsp3) is 0.143. The number of imidazole rings is 1. The van der Waals surface area contributed by atoms with Gasteiger partial charge in [-0.3, -0.25) is 0 Å². The second-order valence-electron chi connectivity index (χ2n) is 4.38. The average Bonchev–Trinajstić information content (AvgIpc) is 2.90. The highest BCUT2D eigenvalue weighted by Gasteiger charge is 2.27. The summed E-state index contributed by atoms with van der Waals surface area (Å²) in [5.41, 5.74) is 3.32. The van der Waals surface area contributed by atoms with Gasteiger partial charge in [0.2, 0.25) is 9.67 Å². The normalized spacial score (nSPS) is 11.8. The molecule has 0 aliphatic carbocycles. The van der Waals surface area contributed by atoms with Crippen molar-refractivity contribution in [2.45, 2.75) is 3.79 Å². The van der Waals surface area contributed by atoms with Crippen LogP contribution in [0.15, 0.2) is 36.5 Å². The van der Waals surface area contributed by atoms with Crippen LogP contribution in [-0.4, -0.2) is 22.1 Å². The number of aromatic amines is 1. The lowest BCUT2D eigenvalue weighted by Crippen LogP contribution is -2.01. The first-order chi connectivity index (χ1) is 9.99. The topological polar surface area (TPSA) is 50.8 Å². The van der Waals surface area contributed by atoms with Gasteiger partial charge in [0.05, 0.1) is 18.1 Å². The number of benzene rings is 1. The summed E-state index contributed by atoms with van der Waals surface area (Å²) in [4.78, 5) is 11.5. The van der Waals surface area contributed by atoms with Crippen LogP contribution in [0, 0.1) is 0 Å². The Balaban J connectivity index is 2.13. The zero-order valence-electron chi connectivity index (χ0n) is 10.9. The Morgan fingerprint density at radius 3 is 2.71 bits per heavy atom. The molecule has 0 amide bonds. The van der Waals surface area contributed by atoms with Crippen LogP contribution in [0.4, 0.5) is 0 Å². The van der Waals surface area contributed by atoms with E-state index in [1.807, 2.05) is 30.3 Å². The molecule has 3 aromatic rings. The molecule has 21 heavy (non-hydrogen) atoms. The lowest BCUT2D eigenvalue weighted by atomic mass is 10.1. The van der Waals surface area contributed by atoms with E-state index in [4.69, 9.17) is 39.5 Å². The van der Waals surface area contributed by atoms with Crippen molar-refractivity contribution in [1.29, 1.82) is 0 Å². The summed E-state index contributed by atoms with van der Waals surface area (Å²) < 4.78 is 3.69. The standard InChI is InChI=1S/C14H10Cl3N3O/c1-21-12-9(3-2-6-18-12)8-4-5-10-11(7-8)20-13(19-10)14(15,16)17/h2-7H,1H3,(H,19,20). The monoisotopic (exact) mass is 341 g/mol. The number of nitrogens with one attached hydrogen (secondary N) is 1. The Morgan fingerprint density at radius 2 is 2.00 bits per heavy atom. The maximum atomic E-state index is 5.84. The molecule has 0 atom stereocenters. The van der Waals surface area contributed by atoms with E-state index in [0.717, 1.165) is 22.2 Å². The van der Waals surface area contributed by atoms with Crippen molar-refractivity contribution in [3.8, 4) is 17.0 Å². The quantitative estimate of drug-likeness (QED) is 0.700. The molecule has 0 fully saturated rings. The van der Waals surface area contributed by atoms with Crippen LogP contribution in [0.1, 0.15) is 5.82 Å². The zero-order chi connectivity index (χ0) is 15.0. The van der Waals surface area contributed by atoms with E-state index in [2.05, 4.69) is 15.0 Å². The van der Waals surface area contributed by atoms with Crippen molar-refractivity contribution in [3.05, 3.63) is 42.4 Å². The van der Waals surface area contributed by atoms with Crippen molar-refractivity contribution >= 4 is 45.8 Å². The number of hydrogen-bond donors (Lipinski definition) is 1. The SMILES string of the molecule is COc1ncccc1-c1ccc2nc(C(Cl)(Cl)Cl)[nH]c2c1. The molecule has 1 aromatic carbocycles. The summed E-state index contributed by atoms with van der Waals surface area (Å²) in [5.74, 6) is 0.843. The molecule has 0 saturated heterocycles. The van der Waals surface area contributed by atoms with E-state index < -0.39 is 3.79 Å². The van der Waals surface area contributed by atoms with Crippen molar-refractivity contribution in [1.82, 2.24) is 15.0 Å². The van der Waals surface area contributed by atoms with Gasteiger partial charge >= 0.3 is 0 Å². The number of halogens is 3.